The average Bonchev–Trinajstić information content (AvgIpc) is 3.28. The van der Waals surface area contributed by atoms with Gasteiger partial charge in [0.25, 0.3) is 5.91 Å². The molecule has 0 saturated heterocycles. The number of nitrogens with one attached hydrogen (secondary N) is 1. The largest absolute Gasteiger partial charge is 0.496 e. The maximum atomic E-state index is 14.1. The van der Waals surface area contributed by atoms with Crippen molar-refractivity contribution >= 4 is 44.7 Å². The molecule has 0 bridgehead atoms. The number of methoxy groups -OCH3 is 1. The van der Waals surface area contributed by atoms with E-state index >= 15 is 0 Å². The Morgan fingerprint density at radius 2 is 1.86 bits per heavy atom. The Morgan fingerprint density at radius 1 is 1.11 bits per heavy atom. The van der Waals surface area contributed by atoms with Crippen molar-refractivity contribution in [1.82, 2.24) is 9.88 Å². The molecule has 1 saturated carbocycles. The highest BCUT2D eigenvalue weighted by Crippen LogP contribution is 2.38. The zero-order valence-corrected chi connectivity index (χ0v) is 23.0. The van der Waals surface area contributed by atoms with Gasteiger partial charge < -0.3 is 15.0 Å². The summed E-state index contributed by atoms with van der Waals surface area (Å²) in [7, 11) is 3.53. The van der Waals surface area contributed by atoms with Gasteiger partial charge in [-0.1, -0.05) is 42.8 Å². The molecule has 5 nitrogen and oxygen atoms in total. The summed E-state index contributed by atoms with van der Waals surface area (Å²) in [5.74, 6) is 2.28. The van der Waals surface area contributed by atoms with Crippen molar-refractivity contribution in [2.45, 2.75) is 45.2 Å². The zero-order valence-electron chi connectivity index (χ0n) is 21.5. The third-order valence-corrected chi connectivity index (χ3v) is 9.05. The van der Waals surface area contributed by atoms with E-state index < -0.39 is 0 Å². The van der Waals surface area contributed by atoms with E-state index in [1.807, 2.05) is 66.7 Å². The number of amides is 1. The fourth-order valence-electron chi connectivity index (χ4n) is 5.18. The molecule has 1 aliphatic carbocycles. The first kappa shape index (κ1) is 25.6. The topological polar surface area (TPSA) is 54.5 Å². The molecule has 0 aliphatic heterocycles. The first-order chi connectivity index (χ1) is 18.0. The van der Waals surface area contributed by atoms with Crippen molar-refractivity contribution in [2.75, 3.05) is 19.5 Å². The molecule has 0 unspecified atom stereocenters. The van der Waals surface area contributed by atoms with Gasteiger partial charge in [-0.05, 0) is 67.5 Å². The van der Waals surface area contributed by atoms with E-state index in [-0.39, 0.29) is 11.9 Å². The highest BCUT2D eigenvalue weighted by Gasteiger charge is 2.31. The minimum absolute atomic E-state index is 0.00162. The van der Waals surface area contributed by atoms with E-state index in [9.17, 15) is 4.79 Å². The van der Waals surface area contributed by atoms with Crippen LogP contribution in [0.5, 0.6) is 5.75 Å². The Kier molecular flexibility index (Phi) is 7.68. The van der Waals surface area contributed by atoms with Crippen molar-refractivity contribution in [2.24, 2.45) is 5.92 Å². The molecule has 0 atom stereocenters. The van der Waals surface area contributed by atoms with E-state index in [0.29, 0.717) is 22.4 Å². The molecule has 1 amide bonds. The monoisotopic (exact) mass is 533 g/mol. The normalized spacial score (nSPS) is 17.5. The summed E-state index contributed by atoms with van der Waals surface area (Å²) in [5, 5.41) is 4.55. The van der Waals surface area contributed by atoms with E-state index in [1.54, 1.807) is 7.11 Å². The lowest BCUT2D eigenvalue weighted by Gasteiger charge is -2.36. The number of halogens is 1. The summed E-state index contributed by atoms with van der Waals surface area (Å²) in [5.41, 5.74) is 3.03. The fraction of sp³-hybridized carbons (Fsp3) is 0.333. The smallest absolute Gasteiger partial charge is 0.266 e. The minimum atomic E-state index is -0.00162. The second-order valence-corrected chi connectivity index (χ2v) is 11.2. The number of fused-ring (bicyclic) bond motifs is 1. The minimum Gasteiger partial charge on any atom is -0.496 e. The number of thiophene rings is 1. The van der Waals surface area contributed by atoms with Crippen LogP contribution in [0.15, 0.2) is 60.8 Å². The first-order valence-electron chi connectivity index (χ1n) is 12.8. The summed E-state index contributed by atoms with van der Waals surface area (Å²) < 4.78 is 6.78. The van der Waals surface area contributed by atoms with Crippen molar-refractivity contribution in [3.05, 3.63) is 76.3 Å². The number of anilines is 1. The van der Waals surface area contributed by atoms with Crippen LogP contribution < -0.4 is 10.1 Å². The number of benzene rings is 2. The third-order valence-electron chi connectivity index (χ3n) is 7.39. The van der Waals surface area contributed by atoms with Gasteiger partial charge in [0.2, 0.25) is 0 Å². The summed E-state index contributed by atoms with van der Waals surface area (Å²) >= 11 is 8.26. The number of carbonyl (C=O) groups excluding carboxylic acids is 1. The predicted molar refractivity (Wildman–Crippen MR) is 154 cm³/mol. The van der Waals surface area contributed by atoms with Crippen LogP contribution in [0.1, 0.15) is 47.8 Å². The van der Waals surface area contributed by atoms with E-state index in [1.165, 1.54) is 11.3 Å². The molecule has 7 heteroatoms. The molecular weight excluding hydrogens is 502 g/mol. The molecule has 0 spiro atoms. The van der Waals surface area contributed by atoms with Gasteiger partial charge in [0.05, 0.1) is 12.1 Å². The van der Waals surface area contributed by atoms with Gasteiger partial charge in [-0.25, -0.2) is 4.98 Å². The fourth-order valence-corrected chi connectivity index (χ4v) is 6.65. The Hall–Kier alpha value is -3.09. The molecular formula is C30H32ClN3O2S. The van der Waals surface area contributed by atoms with Gasteiger partial charge in [-0.3, -0.25) is 4.79 Å². The molecule has 4 aromatic rings. The summed E-state index contributed by atoms with van der Waals surface area (Å²) in [6.07, 6.45) is 6.09. The van der Waals surface area contributed by atoms with Crippen LogP contribution in [0.2, 0.25) is 5.02 Å². The average molecular weight is 534 g/mol. The maximum Gasteiger partial charge on any atom is 0.266 e. The zero-order chi connectivity index (χ0) is 25.9. The summed E-state index contributed by atoms with van der Waals surface area (Å²) in [6, 6.07) is 18.3. The van der Waals surface area contributed by atoms with Crippen LogP contribution in [-0.4, -0.2) is 36.0 Å². The van der Waals surface area contributed by atoms with Crippen LogP contribution >= 0.6 is 22.9 Å². The van der Waals surface area contributed by atoms with E-state index in [2.05, 4.69) is 23.3 Å². The highest BCUT2D eigenvalue weighted by atomic mass is 35.5. The number of pyridine rings is 1. The number of ether oxygens (including phenoxy) is 1. The van der Waals surface area contributed by atoms with Crippen LogP contribution in [0, 0.1) is 5.92 Å². The summed E-state index contributed by atoms with van der Waals surface area (Å²) in [6.45, 7) is 2.76. The Morgan fingerprint density at radius 3 is 2.54 bits per heavy atom. The number of rotatable bonds is 7. The first-order valence-corrected chi connectivity index (χ1v) is 14.0. The lowest BCUT2D eigenvalue weighted by Crippen LogP contribution is -2.41. The van der Waals surface area contributed by atoms with Gasteiger partial charge in [0.15, 0.2) is 0 Å². The number of aromatic nitrogens is 1. The quantitative estimate of drug-likeness (QED) is 0.262. The Balaban J connectivity index is 1.52. The van der Waals surface area contributed by atoms with Gasteiger partial charge in [0, 0.05) is 47.0 Å². The molecule has 0 radical (unpaired) electrons. The van der Waals surface area contributed by atoms with Crippen molar-refractivity contribution in [3.8, 4) is 16.9 Å². The molecule has 2 heterocycles. The molecule has 1 fully saturated rings. The second-order valence-electron chi connectivity index (χ2n) is 9.80. The molecule has 1 N–H and O–H groups in total. The van der Waals surface area contributed by atoms with Crippen LogP contribution in [0.25, 0.3) is 21.2 Å². The highest BCUT2D eigenvalue weighted by molar-refractivity contribution is 7.21. The lowest BCUT2D eigenvalue weighted by atomic mass is 9.86. The maximum absolute atomic E-state index is 14.1. The number of hydrogen-bond acceptors (Lipinski definition) is 5. The SMILES string of the molecule is CNc1ccc(-c2ccc(OC)c(CN(C(=O)c3sc4ccccc4c3Cl)[C@H]3CC[C@H](C)CC3)c2)cn1. The van der Waals surface area contributed by atoms with Crippen LogP contribution in [0.4, 0.5) is 5.82 Å². The van der Waals surface area contributed by atoms with Crippen LogP contribution in [0.3, 0.4) is 0 Å². The van der Waals surface area contributed by atoms with E-state index in [4.69, 9.17) is 16.3 Å². The molecule has 192 valence electrons. The predicted octanol–water partition coefficient (Wildman–Crippen LogP) is 7.89. The molecule has 37 heavy (non-hydrogen) atoms. The Bertz CT molecular complexity index is 1390. The third kappa shape index (κ3) is 5.32. The molecule has 2 aromatic heterocycles. The Labute approximate surface area is 227 Å². The van der Waals surface area contributed by atoms with E-state index in [0.717, 1.165) is 64.0 Å². The standard InChI is InChI=1S/C30H32ClN3O2S/c1-19-8-12-23(13-9-19)34(30(35)29-28(31)24-6-4-5-7-26(24)37-29)18-22-16-20(10-14-25(22)36-3)21-11-15-27(32-2)33-17-21/h4-7,10-11,14-17,19,23H,8-9,12-13,18H2,1-3H3,(H,32,33)/t19-,23-. The van der Waals surface area contributed by atoms with Gasteiger partial charge in [0.1, 0.15) is 16.4 Å². The molecule has 1 aliphatic rings. The van der Waals surface area contributed by atoms with Crippen molar-refractivity contribution < 1.29 is 9.53 Å². The second kappa shape index (κ2) is 11.1. The molecule has 5 rings (SSSR count). The van der Waals surface area contributed by atoms with Gasteiger partial charge >= 0.3 is 0 Å². The van der Waals surface area contributed by atoms with Crippen molar-refractivity contribution in [1.29, 1.82) is 0 Å². The van der Waals surface area contributed by atoms with Gasteiger partial charge in [-0.15, -0.1) is 11.3 Å². The number of carbonyl (C=O) groups is 1. The lowest BCUT2D eigenvalue weighted by molar-refractivity contribution is 0.0597. The molecule has 2 aromatic carbocycles. The van der Waals surface area contributed by atoms with Gasteiger partial charge in [-0.2, -0.15) is 0 Å². The van der Waals surface area contributed by atoms with Crippen LogP contribution in [-0.2, 0) is 6.54 Å². The number of hydrogen-bond donors (Lipinski definition) is 1. The van der Waals surface area contributed by atoms with Crippen molar-refractivity contribution in [3.63, 3.8) is 0 Å². The number of nitrogens with zero attached hydrogens (tertiary/aromatic N) is 2. The summed E-state index contributed by atoms with van der Waals surface area (Å²) in [4.78, 5) is 21.3.